The Balaban J connectivity index is 2.16. The van der Waals surface area contributed by atoms with Crippen LogP contribution in [0.15, 0.2) is 47.5 Å². The predicted octanol–water partition coefficient (Wildman–Crippen LogP) is 3.68. The van der Waals surface area contributed by atoms with Crippen LogP contribution in [0.2, 0.25) is 0 Å². The Morgan fingerprint density at radius 1 is 1.29 bits per heavy atom. The van der Waals surface area contributed by atoms with E-state index in [1.54, 1.807) is 18.2 Å². The fourth-order valence-corrected chi connectivity index (χ4v) is 3.65. The number of carbonyl (C=O) groups is 1. The minimum Gasteiger partial charge on any atom is -0.317 e. The van der Waals surface area contributed by atoms with Crippen molar-refractivity contribution in [3.05, 3.63) is 68.5 Å². The van der Waals surface area contributed by atoms with E-state index in [0.29, 0.717) is 16.9 Å². The van der Waals surface area contributed by atoms with Gasteiger partial charge in [-0.25, -0.2) is 0 Å². The van der Waals surface area contributed by atoms with Crippen molar-refractivity contribution in [2.75, 3.05) is 0 Å². The average Bonchev–Trinajstić information content (AvgIpc) is 2.91. The summed E-state index contributed by atoms with van der Waals surface area (Å²) in [5.74, 6) is -0.309. The molecule has 0 saturated carbocycles. The van der Waals surface area contributed by atoms with Crippen molar-refractivity contribution < 1.29 is 9.72 Å². The van der Waals surface area contributed by atoms with E-state index in [9.17, 15) is 14.9 Å². The van der Waals surface area contributed by atoms with Gasteiger partial charge in [0.2, 0.25) is 0 Å². The number of benzene rings is 2. The maximum atomic E-state index is 12.5. The monoisotopic (exact) mass is 341 g/mol. The van der Waals surface area contributed by atoms with Gasteiger partial charge in [-0.05, 0) is 31.5 Å². The van der Waals surface area contributed by atoms with Crippen molar-refractivity contribution >= 4 is 33.1 Å². The zero-order valence-electron chi connectivity index (χ0n) is 13.2. The highest BCUT2D eigenvalue weighted by Gasteiger charge is 2.13. The number of aryl methyl sites for hydroxylation is 2. The highest BCUT2D eigenvalue weighted by molar-refractivity contribution is 7.16. The quantitative estimate of drug-likeness (QED) is 0.538. The number of amides is 1. The standard InChI is InChI=1S/C17H15N3O3S/c1-3-19-14-9-8-12(20(22)23)10-15(14)24-17(19)18-16(21)13-7-5-4-6-11(13)2/h4-10H,3H2,1-2H3. The number of carbonyl (C=O) groups excluding carboxylic acids is 1. The molecule has 0 N–H and O–H groups in total. The van der Waals surface area contributed by atoms with E-state index in [1.165, 1.54) is 23.5 Å². The fourth-order valence-electron chi connectivity index (χ4n) is 2.53. The Kier molecular flexibility index (Phi) is 4.26. The zero-order valence-corrected chi connectivity index (χ0v) is 14.0. The van der Waals surface area contributed by atoms with E-state index in [0.717, 1.165) is 15.8 Å². The molecule has 1 aromatic heterocycles. The molecule has 3 aromatic rings. The van der Waals surface area contributed by atoms with Crippen LogP contribution < -0.4 is 4.80 Å². The number of thiazole rings is 1. The first-order chi connectivity index (χ1) is 11.5. The molecule has 1 heterocycles. The van der Waals surface area contributed by atoms with E-state index in [2.05, 4.69) is 4.99 Å². The number of fused-ring (bicyclic) bond motifs is 1. The lowest BCUT2D eigenvalue weighted by Crippen LogP contribution is -2.16. The van der Waals surface area contributed by atoms with Crippen LogP contribution in [0.1, 0.15) is 22.8 Å². The van der Waals surface area contributed by atoms with Crippen molar-refractivity contribution in [3.63, 3.8) is 0 Å². The Labute approximate surface area is 141 Å². The SMILES string of the molecule is CCn1c(=NC(=O)c2ccccc2C)sc2cc([N+](=O)[O-])ccc21. The zero-order chi connectivity index (χ0) is 17.3. The van der Waals surface area contributed by atoms with Crippen LogP contribution in [-0.2, 0) is 6.54 Å². The molecule has 0 saturated heterocycles. The molecule has 0 unspecified atom stereocenters. The van der Waals surface area contributed by atoms with E-state index in [4.69, 9.17) is 0 Å². The number of rotatable bonds is 3. The number of nitrogens with zero attached hydrogens (tertiary/aromatic N) is 3. The van der Waals surface area contributed by atoms with E-state index in [1.807, 2.05) is 30.5 Å². The summed E-state index contributed by atoms with van der Waals surface area (Å²) in [7, 11) is 0. The number of hydrogen-bond donors (Lipinski definition) is 0. The normalized spacial score (nSPS) is 11.8. The van der Waals surface area contributed by atoms with Gasteiger partial charge in [0.25, 0.3) is 11.6 Å². The molecule has 1 amide bonds. The summed E-state index contributed by atoms with van der Waals surface area (Å²) in [6.07, 6.45) is 0. The molecule has 6 nitrogen and oxygen atoms in total. The van der Waals surface area contributed by atoms with Crippen LogP contribution in [0.4, 0.5) is 5.69 Å². The molecule has 0 aliphatic heterocycles. The first-order valence-electron chi connectivity index (χ1n) is 7.43. The van der Waals surface area contributed by atoms with Crippen LogP contribution in [0.5, 0.6) is 0 Å². The van der Waals surface area contributed by atoms with Crippen LogP contribution in [-0.4, -0.2) is 15.4 Å². The van der Waals surface area contributed by atoms with Gasteiger partial charge in [-0.1, -0.05) is 29.5 Å². The lowest BCUT2D eigenvalue weighted by molar-refractivity contribution is -0.384. The molecule has 122 valence electrons. The molecular formula is C17H15N3O3S. The molecular weight excluding hydrogens is 326 g/mol. The number of aromatic nitrogens is 1. The second-order valence-corrected chi connectivity index (χ2v) is 6.28. The van der Waals surface area contributed by atoms with Gasteiger partial charge in [0.15, 0.2) is 4.80 Å². The van der Waals surface area contributed by atoms with Crippen LogP contribution in [0, 0.1) is 17.0 Å². The molecule has 0 bridgehead atoms. The van der Waals surface area contributed by atoms with E-state index < -0.39 is 4.92 Å². The maximum absolute atomic E-state index is 12.5. The van der Waals surface area contributed by atoms with Gasteiger partial charge in [-0.3, -0.25) is 14.9 Å². The average molecular weight is 341 g/mol. The lowest BCUT2D eigenvalue weighted by atomic mass is 10.1. The molecule has 2 aromatic carbocycles. The lowest BCUT2D eigenvalue weighted by Gasteiger charge is -2.01. The number of nitro groups is 1. The Morgan fingerprint density at radius 3 is 2.71 bits per heavy atom. The van der Waals surface area contributed by atoms with E-state index >= 15 is 0 Å². The number of nitro benzene ring substituents is 1. The number of hydrogen-bond acceptors (Lipinski definition) is 4. The molecule has 0 aliphatic rings. The topological polar surface area (TPSA) is 77.5 Å². The summed E-state index contributed by atoms with van der Waals surface area (Å²) < 4.78 is 2.63. The van der Waals surface area contributed by atoms with Crippen molar-refractivity contribution in [2.24, 2.45) is 4.99 Å². The number of non-ortho nitro benzene ring substituents is 1. The first-order valence-corrected chi connectivity index (χ1v) is 8.25. The van der Waals surface area contributed by atoms with Gasteiger partial charge in [-0.2, -0.15) is 4.99 Å². The molecule has 0 spiro atoms. The van der Waals surface area contributed by atoms with Crippen molar-refractivity contribution in [1.29, 1.82) is 0 Å². The third-order valence-corrected chi connectivity index (χ3v) is 4.81. The summed E-state index contributed by atoms with van der Waals surface area (Å²) >= 11 is 1.28. The maximum Gasteiger partial charge on any atom is 0.279 e. The van der Waals surface area contributed by atoms with Crippen molar-refractivity contribution in [3.8, 4) is 0 Å². The summed E-state index contributed by atoms with van der Waals surface area (Å²) in [5, 5.41) is 10.9. The Morgan fingerprint density at radius 2 is 2.04 bits per heavy atom. The summed E-state index contributed by atoms with van der Waals surface area (Å²) in [5.41, 5.74) is 2.29. The van der Waals surface area contributed by atoms with Gasteiger partial charge >= 0.3 is 0 Å². The highest BCUT2D eigenvalue weighted by Crippen LogP contribution is 2.23. The smallest absolute Gasteiger partial charge is 0.279 e. The third-order valence-electron chi connectivity index (χ3n) is 3.77. The minimum atomic E-state index is -0.426. The highest BCUT2D eigenvalue weighted by atomic mass is 32.1. The summed E-state index contributed by atoms with van der Waals surface area (Å²) in [4.78, 5) is 27.8. The van der Waals surface area contributed by atoms with E-state index in [-0.39, 0.29) is 11.6 Å². The second kappa shape index (κ2) is 6.37. The molecule has 0 radical (unpaired) electrons. The van der Waals surface area contributed by atoms with Crippen LogP contribution in [0.3, 0.4) is 0 Å². The molecule has 0 aliphatic carbocycles. The second-order valence-electron chi connectivity index (χ2n) is 5.27. The van der Waals surface area contributed by atoms with Crippen LogP contribution >= 0.6 is 11.3 Å². The van der Waals surface area contributed by atoms with Crippen LogP contribution in [0.25, 0.3) is 10.2 Å². The largest absolute Gasteiger partial charge is 0.317 e. The van der Waals surface area contributed by atoms with Gasteiger partial charge < -0.3 is 4.57 Å². The molecule has 24 heavy (non-hydrogen) atoms. The first kappa shape index (κ1) is 16.1. The Hall–Kier alpha value is -2.80. The van der Waals surface area contributed by atoms with Gasteiger partial charge in [0.1, 0.15) is 0 Å². The molecule has 7 heteroatoms. The van der Waals surface area contributed by atoms with Crippen molar-refractivity contribution in [1.82, 2.24) is 4.57 Å². The fraction of sp³-hybridized carbons (Fsp3) is 0.176. The van der Waals surface area contributed by atoms with Crippen molar-refractivity contribution in [2.45, 2.75) is 20.4 Å². The third kappa shape index (κ3) is 2.85. The minimum absolute atomic E-state index is 0.0313. The van der Waals surface area contributed by atoms with Gasteiger partial charge in [-0.15, -0.1) is 0 Å². The van der Waals surface area contributed by atoms with Gasteiger partial charge in [0.05, 0.1) is 15.1 Å². The summed E-state index contributed by atoms with van der Waals surface area (Å²) in [6.45, 7) is 4.44. The molecule has 0 fully saturated rings. The Bertz CT molecular complexity index is 1020. The predicted molar refractivity (Wildman–Crippen MR) is 93.2 cm³/mol. The molecule has 3 rings (SSSR count). The molecule has 0 atom stereocenters. The summed E-state index contributed by atoms with van der Waals surface area (Å²) in [6, 6.07) is 12.0. The van der Waals surface area contributed by atoms with Gasteiger partial charge in [0, 0.05) is 24.2 Å².